The Morgan fingerprint density at radius 2 is 2.00 bits per heavy atom. The molecule has 1 aliphatic heterocycles. The van der Waals surface area contributed by atoms with Gasteiger partial charge < -0.3 is 14.4 Å². The number of ether oxygens (including phenoxy) is 2. The van der Waals surface area contributed by atoms with Gasteiger partial charge in [0.1, 0.15) is 0 Å². The number of unbranched alkanes of at least 4 members (excludes halogenated alkanes) is 1. The fourth-order valence-electron chi connectivity index (χ4n) is 2.10. The smallest absolute Gasteiger partial charge is 0.308 e. The van der Waals surface area contributed by atoms with Gasteiger partial charge in [-0.2, -0.15) is 0 Å². The summed E-state index contributed by atoms with van der Waals surface area (Å²) in [6.45, 7) is 6.80. The van der Waals surface area contributed by atoms with E-state index in [0.29, 0.717) is 0 Å². The average Bonchev–Trinajstić information content (AvgIpc) is 2.38. The fourth-order valence-corrected chi connectivity index (χ4v) is 2.10. The molecule has 0 spiro atoms. The minimum atomic E-state index is -0.0520. The van der Waals surface area contributed by atoms with Crippen molar-refractivity contribution < 1.29 is 14.3 Å². The largest absolute Gasteiger partial charge is 0.469 e. The van der Waals surface area contributed by atoms with Crippen LogP contribution in [0, 0.1) is 5.92 Å². The van der Waals surface area contributed by atoms with Crippen LogP contribution in [-0.4, -0.2) is 50.8 Å². The van der Waals surface area contributed by atoms with Crippen LogP contribution in [0.4, 0.5) is 0 Å². The zero-order valence-corrected chi connectivity index (χ0v) is 11.1. The third-order valence-corrected chi connectivity index (χ3v) is 3.32. The van der Waals surface area contributed by atoms with Crippen LogP contribution in [0.15, 0.2) is 0 Å². The Balaban J connectivity index is 2.05. The second kappa shape index (κ2) is 8.48. The fraction of sp³-hybridized carbons (Fsp3) is 0.923. The number of hydrogen-bond donors (Lipinski definition) is 0. The predicted octanol–water partition coefficient (Wildman–Crippen LogP) is 1.69. The molecule has 0 aromatic heterocycles. The van der Waals surface area contributed by atoms with Crippen LogP contribution in [0.5, 0.6) is 0 Å². The Labute approximate surface area is 104 Å². The molecular formula is C13H25NO3. The van der Waals surface area contributed by atoms with Crippen LogP contribution in [0.2, 0.25) is 0 Å². The van der Waals surface area contributed by atoms with Crippen LogP contribution < -0.4 is 0 Å². The number of methoxy groups -OCH3 is 1. The monoisotopic (exact) mass is 243 g/mol. The number of carbonyl (C=O) groups is 1. The highest BCUT2D eigenvalue weighted by Crippen LogP contribution is 2.17. The van der Waals surface area contributed by atoms with E-state index < -0.39 is 0 Å². The Bertz CT molecular complexity index is 213. The highest BCUT2D eigenvalue weighted by Gasteiger charge is 2.25. The SMILES string of the molecule is CCCCOCCN1CCC(C(=O)OC)CC1. The van der Waals surface area contributed by atoms with Crippen molar-refractivity contribution in [3.63, 3.8) is 0 Å². The summed E-state index contributed by atoms with van der Waals surface area (Å²) in [7, 11) is 1.47. The molecule has 4 nitrogen and oxygen atoms in total. The Morgan fingerprint density at radius 1 is 1.29 bits per heavy atom. The highest BCUT2D eigenvalue weighted by atomic mass is 16.5. The Morgan fingerprint density at radius 3 is 2.59 bits per heavy atom. The molecule has 4 heteroatoms. The minimum absolute atomic E-state index is 0.0520. The average molecular weight is 243 g/mol. The number of esters is 1. The zero-order chi connectivity index (χ0) is 12.5. The molecule has 1 fully saturated rings. The summed E-state index contributed by atoms with van der Waals surface area (Å²) in [4.78, 5) is 13.7. The summed E-state index contributed by atoms with van der Waals surface area (Å²) in [6.07, 6.45) is 4.16. The number of carbonyl (C=O) groups excluding carboxylic acids is 1. The third kappa shape index (κ3) is 5.50. The van der Waals surface area contributed by atoms with E-state index in [-0.39, 0.29) is 11.9 Å². The normalized spacial score (nSPS) is 18.2. The van der Waals surface area contributed by atoms with Crippen LogP contribution in [0.25, 0.3) is 0 Å². The van der Waals surface area contributed by atoms with E-state index in [4.69, 9.17) is 9.47 Å². The summed E-state index contributed by atoms with van der Waals surface area (Å²) in [5.74, 6) is 0.0566. The highest BCUT2D eigenvalue weighted by molar-refractivity contribution is 5.72. The molecule has 0 N–H and O–H groups in total. The van der Waals surface area contributed by atoms with Gasteiger partial charge in [0.2, 0.25) is 0 Å². The van der Waals surface area contributed by atoms with Gasteiger partial charge in [-0.1, -0.05) is 13.3 Å². The van der Waals surface area contributed by atoms with E-state index in [1.807, 2.05) is 0 Å². The molecule has 100 valence electrons. The van der Waals surface area contributed by atoms with Crippen molar-refractivity contribution in [2.45, 2.75) is 32.6 Å². The van der Waals surface area contributed by atoms with Crippen molar-refractivity contribution >= 4 is 5.97 Å². The van der Waals surface area contributed by atoms with Gasteiger partial charge in [0.25, 0.3) is 0 Å². The van der Waals surface area contributed by atoms with Crippen molar-refractivity contribution in [2.24, 2.45) is 5.92 Å². The first-order valence-corrected chi connectivity index (χ1v) is 6.65. The quantitative estimate of drug-likeness (QED) is 0.504. The second-order valence-corrected chi connectivity index (χ2v) is 4.61. The molecule has 1 aliphatic rings. The van der Waals surface area contributed by atoms with E-state index in [1.54, 1.807) is 0 Å². The summed E-state index contributed by atoms with van der Waals surface area (Å²) in [6, 6.07) is 0. The number of likely N-dealkylation sites (tertiary alicyclic amines) is 1. The van der Waals surface area contributed by atoms with Gasteiger partial charge in [0.05, 0.1) is 19.6 Å². The zero-order valence-electron chi connectivity index (χ0n) is 11.1. The molecular weight excluding hydrogens is 218 g/mol. The molecule has 0 unspecified atom stereocenters. The van der Waals surface area contributed by atoms with Gasteiger partial charge in [-0.3, -0.25) is 4.79 Å². The molecule has 1 saturated heterocycles. The maximum Gasteiger partial charge on any atom is 0.308 e. The topological polar surface area (TPSA) is 38.8 Å². The van der Waals surface area contributed by atoms with Gasteiger partial charge in [-0.15, -0.1) is 0 Å². The number of rotatable bonds is 7. The van der Waals surface area contributed by atoms with E-state index in [9.17, 15) is 4.79 Å². The number of hydrogen-bond acceptors (Lipinski definition) is 4. The molecule has 0 bridgehead atoms. The summed E-state index contributed by atoms with van der Waals surface area (Å²) >= 11 is 0. The standard InChI is InChI=1S/C13H25NO3/c1-3-4-10-17-11-9-14-7-5-12(6-8-14)13(15)16-2/h12H,3-11H2,1-2H3. The third-order valence-electron chi connectivity index (χ3n) is 3.32. The first kappa shape index (κ1) is 14.5. The minimum Gasteiger partial charge on any atom is -0.469 e. The van der Waals surface area contributed by atoms with E-state index >= 15 is 0 Å². The summed E-state index contributed by atoms with van der Waals surface area (Å²) < 4.78 is 10.3. The summed E-state index contributed by atoms with van der Waals surface area (Å²) in [5.41, 5.74) is 0. The van der Waals surface area contributed by atoms with Crippen LogP contribution in [0.3, 0.4) is 0 Å². The van der Waals surface area contributed by atoms with Gasteiger partial charge in [0.15, 0.2) is 0 Å². The first-order valence-electron chi connectivity index (χ1n) is 6.65. The van der Waals surface area contributed by atoms with Crippen LogP contribution >= 0.6 is 0 Å². The Kier molecular flexibility index (Phi) is 7.21. The lowest BCUT2D eigenvalue weighted by atomic mass is 9.97. The molecule has 0 saturated carbocycles. The molecule has 0 aromatic carbocycles. The molecule has 0 atom stereocenters. The van der Waals surface area contributed by atoms with E-state index in [2.05, 4.69) is 11.8 Å². The van der Waals surface area contributed by atoms with Gasteiger partial charge in [-0.25, -0.2) is 0 Å². The first-order chi connectivity index (χ1) is 8.27. The predicted molar refractivity (Wildman–Crippen MR) is 66.9 cm³/mol. The van der Waals surface area contributed by atoms with Crippen molar-refractivity contribution in [2.75, 3.05) is 40.0 Å². The van der Waals surface area contributed by atoms with Gasteiger partial charge >= 0.3 is 5.97 Å². The lowest BCUT2D eigenvalue weighted by molar-refractivity contribution is -0.147. The molecule has 0 aliphatic carbocycles. The molecule has 0 radical (unpaired) electrons. The van der Waals surface area contributed by atoms with Gasteiger partial charge in [-0.05, 0) is 32.4 Å². The summed E-state index contributed by atoms with van der Waals surface area (Å²) in [5, 5.41) is 0. The van der Waals surface area contributed by atoms with Crippen LogP contribution in [-0.2, 0) is 14.3 Å². The number of nitrogens with zero attached hydrogens (tertiary/aromatic N) is 1. The molecule has 17 heavy (non-hydrogen) atoms. The van der Waals surface area contributed by atoms with Crippen molar-refractivity contribution in [1.29, 1.82) is 0 Å². The number of piperidine rings is 1. The maximum absolute atomic E-state index is 11.3. The Hall–Kier alpha value is -0.610. The molecule has 1 heterocycles. The lowest BCUT2D eigenvalue weighted by Crippen LogP contribution is -2.38. The van der Waals surface area contributed by atoms with Crippen LogP contribution in [0.1, 0.15) is 32.6 Å². The second-order valence-electron chi connectivity index (χ2n) is 4.61. The van der Waals surface area contributed by atoms with Gasteiger partial charge in [0, 0.05) is 13.2 Å². The van der Waals surface area contributed by atoms with E-state index in [0.717, 1.165) is 52.1 Å². The van der Waals surface area contributed by atoms with Crippen molar-refractivity contribution in [3.8, 4) is 0 Å². The lowest BCUT2D eigenvalue weighted by Gasteiger charge is -2.30. The molecule has 0 amide bonds. The maximum atomic E-state index is 11.3. The van der Waals surface area contributed by atoms with Crippen molar-refractivity contribution in [1.82, 2.24) is 4.90 Å². The molecule has 0 aromatic rings. The van der Waals surface area contributed by atoms with Crippen molar-refractivity contribution in [3.05, 3.63) is 0 Å². The van der Waals surface area contributed by atoms with E-state index in [1.165, 1.54) is 13.5 Å². The molecule has 1 rings (SSSR count).